The number of imidazole rings is 1. The number of esters is 1. The number of aromatic nitrogens is 3. The van der Waals surface area contributed by atoms with E-state index in [1.54, 1.807) is 33.3 Å². The summed E-state index contributed by atoms with van der Waals surface area (Å²) in [5.74, 6) is 0.424. The Morgan fingerprint density at radius 1 is 1.21 bits per heavy atom. The Morgan fingerprint density at radius 2 is 2.07 bits per heavy atom. The van der Waals surface area contributed by atoms with Gasteiger partial charge in [0.1, 0.15) is 17.1 Å². The number of fused-ring (bicyclic) bond motifs is 2. The molecule has 0 spiro atoms. The first kappa shape index (κ1) is 18.1. The molecule has 7 nitrogen and oxygen atoms in total. The number of aromatic amines is 1. The van der Waals surface area contributed by atoms with E-state index in [1.165, 1.54) is 0 Å². The lowest BCUT2D eigenvalue weighted by molar-refractivity contribution is 0.0526. The number of carbonyl (C=O) groups excluding carboxylic acids is 1. The fraction of sp³-hybridized carbons (Fsp3) is 0.238. The molecule has 28 heavy (non-hydrogen) atoms. The molecule has 0 unspecified atom stereocenters. The Balaban J connectivity index is 0.00000240. The summed E-state index contributed by atoms with van der Waals surface area (Å²) in [4.78, 5) is 20.2. The molecule has 4 aromatic rings. The molecule has 0 amide bonds. The zero-order chi connectivity index (χ0) is 19.7. The number of pyridine rings is 1. The number of hydrogen-bond acceptors (Lipinski definition) is 5. The highest BCUT2D eigenvalue weighted by Crippen LogP contribution is 2.30. The second kappa shape index (κ2) is 7.36. The van der Waals surface area contributed by atoms with E-state index in [4.69, 9.17) is 19.2 Å². The van der Waals surface area contributed by atoms with Crippen molar-refractivity contribution in [2.75, 3.05) is 20.8 Å². The topological polar surface area (TPSA) is 77.9 Å². The molecule has 0 aliphatic carbocycles. The van der Waals surface area contributed by atoms with Crippen molar-refractivity contribution in [3.63, 3.8) is 0 Å². The number of methoxy groups -OCH3 is 2. The molecule has 0 radical (unpaired) electrons. The van der Waals surface area contributed by atoms with E-state index in [2.05, 4.69) is 4.98 Å². The minimum Gasteiger partial charge on any atom is -0.497 e. The summed E-state index contributed by atoms with van der Waals surface area (Å²) >= 11 is 0. The molecule has 0 fully saturated rings. The van der Waals surface area contributed by atoms with Gasteiger partial charge in [0, 0.05) is 31.7 Å². The highest BCUT2D eigenvalue weighted by atomic mass is 16.5. The Bertz CT molecular complexity index is 1170. The number of nitrogens with zero attached hydrogens (tertiary/aromatic N) is 2. The van der Waals surface area contributed by atoms with Crippen LogP contribution in [0.1, 0.15) is 24.4 Å². The monoisotopic (exact) mass is 381 g/mol. The van der Waals surface area contributed by atoms with Crippen molar-refractivity contribution in [2.45, 2.75) is 13.5 Å². The van der Waals surface area contributed by atoms with Crippen LogP contribution in [0, 0.1) is 0 Å². The molecule has 1 N–H and O–H groups in total. The maximum absolute atomic E-state index is 12.1. The van der Waals surface area contributed by atoms with E-state index in [9.17, 15) is 4.79 Å². The Hall–Kier alpha value is -3.32. The average Bonchev–Trinajstić information content (AvgIpc) is 3.28. The van der Waals surface area contributed by atoms with Crippen LogP contribution >= 0.6 is 0 Å². The van der Waals surface area contributed by atoms with E-state index < -0.39 is 0 Å². The molecule has 0 aliphatic rings. The Morgan fingerprint density at radius 3 is 2.82 bits per heavy atom. The van der Waals surface area contributed by atoms with Gasteiger partial charge in [0.2, 0.25) is 0 Å². The molecule has 3 heterocycles. The van der Waals surface area contributed by atoms with Crippen LogP contribution in [0.4, 0.5) is 0 Å². The van der Waals surface area contributed by atoms with Crippen molar-refractivity contribution in [3.8, 4) is 17.1 Å². The van der Waals surface area contributed by atoms with Crippen LogP contribution in [-0.2, 0) is 16.1 Å². The fourth-order valence-electron chi connectivity index (χ4n) is 3.29. The van der Waals surface area contributed by atoms with Crippen molar-refractivity contribution in [3.05, 3.63) is 53.9 Å². The molecule has 146 valence electrons. The fourth-order valence-corrected chi connectivity index (χ4v) is 3.29. The highest BCUT2D eigenvalue weighted by molar-refractivity contribution is 5.91. The number of hydrogen-bond donors (Lipinski definition) is 1. The predicted octanol–water partition coefficient (Wildman–Crippen LogP) is 4.06. The van der Waals surface area contributed by atoms with E-state index in [0.717, 1.165) is 33.7 Å². The third kappa shape index (κ3) is 3.10. The van der Waals surface area contributed by atoms with Crippen LogP contribution in [0.15, 0.2) is 42.6 Å². The van der Waals surface area contributed by atoms with Gasteiger partial charge in [-0.15, -0.1) is 0 Å². The maximum Gasteiger partial charge on any atom is 0.338 e. The van der Waals surface area contributed by atoms with Gasteiger partial charge in [-0.05, 0) is 37.3 Å². The first-order valence-electron chi connectivity index (χ1n) is 8.98. The summed E-state index contributed by atoms with van der Waals surface area (Å²) in [6, 6.07) is 11.4. The van der Waals surface area contributed by atoms with Gasteiger partial charge in [0.25, 0.3) is 0 Å². The number of rotatable bonds is 6. The summed E-state index contributed by atoms with van der Waals surface area (Å²) in [6.07, 6.45) is 1.82. The van der Waals surface area contributed by atoms with Gasteiger partial charge in [-0.2, -0.15) is 0 Å². The van der Waals surface area contributed by atoms with Gasteiger partial charge in [0.05, 0.1) is 37.3 Å². The van der Waals surface area contributed by atoms with Crippen LogP contribution in [0.3, 0.4) is 0 Å². The zero-order valence-electron chi connectivity index (χ0n) is 16.0. The van der Waals surface area contributed by atoms with Crippen molar-refractivity contribution in [1.82, 2.24) is 14.4 Å². The molecule has 3 aromatic heterocycles. The third-order valence-electron chi connectivity index (χ3n) is 4.60. The van der Waals surface area contributed by atoms with E-state index in [-0.39, 0.29) is 7.40 Å². The SMILES string of the molecule is CCOC(=O)c1ccn2c(COC)c(-c3cc4ccc(OC)cc4[nH]3)nc2c1.[HH]. The van der Waals surface area contributed by atoms with Crippen molar-refractivity contribution in [2.24, 2.45) is 0 Å². The maximum atomic E-state index is 12.1. The first-order chi connectivity index (χ1) is 13.6. The van der Waals surface area contributed by atoms with Crippen molar-refractivity contribution in [1.29, 1.82) is 0 Å². The zero-order valence-corrected chi connectivity index (χ0v) is 16.0. The molecule has 0 aliphatic heterocycles. The first-order valence-corrected chi connectivity index (χ1v) is 8.98. The van der Waals surface area contributed by atoms with Gasteiger partial charge in [0.15, 0.2) is 0 Å². The van der Waals surface area contributed by atoms with Gasteiger partial charge < -0.3 is 23.6 Å². The molecule has 0 saturated carbocycles. The van der Waals surface area contributed by atoms with Crippen LogP contribution in [0.25, 0.3) is 27.9 Å². The second-order valence-electron chi connectivity index (χ2n) is 6.34. The van der Waals surface area contributed by atoms with E-state index in [1.807, 2.05) is 34.9 Å². The molecule has 0 saturated heterocycles. The average molecular weight is 381 g/mol. The number of ether oxygens (including phenoxy) is 3. The minimum absolute atomic E-state index is 0. The lowest BCUT2D eigenvalue weighted by Gasteiger charge is -2.04. The van der Waals surface area contributed by atoms with Crippen LogP contribution in [0.2, 0.25) is 0 Å². The van der Waals surface area contributed by atoms with E-state index in [0.29, 0.717) is 24.4 Å². The standard InChI is InChI=1S/C21H21N3O4.H2/c1-4-28-21(25)14-7-8-24-18(12-26-2)20(23-19(24)10-14)17-9-13-5-6-15(27-3)11-16(13)22-17;/h5-11,22H,4,12H2,1-3H3;1H. The molecule has 4 rings (SSSR count). The van der Waals surface area contributed by atoms with Gasteiger partial charge >= 0.3 is 5.97 Å². The minimum atomic E-state index is -0.361. The van der Waals surface area contributed by atoms with Crippen LogP contribution in [0.5, 0.6) is 5.75 Å². The summed E-state index contributed by atoms with van der Waals surface area (Å²) in [5.41, 5.74) is 4.63. The van der Waals surface area contributed by atoms with E-state index >= 15 is 0 Å². The van der Waals surface area contributed by atoms with Gasteiger partial charge in [-0.3, -0.25) is 0 Å². The van der Waals surface area contributed by atoms with Gasteiger partial charge in [-0.1, -0.05) is 0 Å². The number of H-pyrrole nitrogens is 1. The molecule has 1 aromatic carbocycles. The lowest BCUT2D eigenvalue weighted by atomic mass is 10.2. The smallest absolute Gasteiger partial charge is 0.338 e. The van der Waals surface area contributed by atoms with Crippen molar-refractivity contribution < 1.29 is 20.4 Å². The number of carbonyl (C=O) groups is 1. The predicted molar refractivity (Wildman–Crippen MR) is 108 cm³/mol. The Labute approximate surface area is 163 Å². The van der Waals surface area contributed by atoms with Crippen LogP contribution < -0.4 is 4.74 Å². The summed E-state index contributed by atoms with van der Waals surface area (Å²) in [7, 11) is 3.29. The molecule has 7 heteroatoms. The number of benzene rings is 1. The number of nitrogens with one attached hydrogen (secondary N) is 1. The van der Waals surface area contributed by atoms with Crippen molar-refractivity contribution >= 4 is 22.5 Å². The lowest BCUT2D eigenvalue weighted by Crippen LogP contribution is -2.05. The molecule has 0 atom stereocenters. The third-order valence-corrected chi connectivity index (χ3v) is 4.60. The summed E-state index contributed by atoms with van der Waals surface area (Å²) in [5, 5.41) is 1.06. The normalized spacial score (nSPS) is 11.2. The Kier molecular flexibility index (Phi) is 4.75. The second-order valence-corrected chi connectivity index (χ2v) is 6.34. The van der Waals surface area contributed by atoms with Gasteiger partial charge in [-0.25, -0.2) is 9.78 Å². The molecule has 0 bridgehead atoms. The van der Waals surface area contributed by atoms with Crippen LogP contribution in [-0.4, -0.2) is 41.2 Å². The molecular weight excluding hydrogens is 358 g/mol. The largest absolute Gasteiger partial charge is 0.497 e. The highest BCUT2D eigenvalue weighted by Gasteiger charge is 2.18. The summed E-state index contributed by atoms with van der Waals surface area (Å²) in [6.45, 7) is 2.50. The molecular formula is C21H23N3O4. The quantitative estimate of drug-likeness (QED) is 0.510. The summed E-state index contributed by atoms with van der Waals surface area (Å²) < 4.78 is 17.7.